The largest absolute Gasteiger partial charge is 0.378 e. The third kappa shape index (κ3) is 2.41. The molecule has 0 saturated carbocycles. The molecular weight excluding hydrogens is 256 g/mol. The molecule has 0 radical (unpaired) electrons. The van der Waals surface area contributed by atoms with Crippen LogP contribution >= 0.6 is 0 Å². The molecule has 0 aromatic heterocycles. The summed E-state index contributed by atoms with van der Waals surface area (Å²) in [5, 5.41) is 0. The van der Waals surface area contributed by atoms with E-state index in [-0.39, 0.29) is 17.9 Å². The summed E-state index contributed by atoms with van der Waals surface area (Å²) in [5.41, 5.74) is 0.645. The molecule has 1 atom stereocenters. The van der Waals surface area contributed by atoms with Gasteiger partial charge in [0.2, 0.25) is 5.91 Å². The highest BCUT2D eigenvalue weighted by Crippen LogP contribution is 2.22. The number of rotatable bonds is 2. The zero-order chi connectivity index (χ0) is 13.9. The van der Waals surface area contributed by atoms with Crippen molar-refractivity contribution in [2.24, 2.45) is 0 Å². The maximum Gasteiger partial charge on any atom is 0.254 e. The van der Waals surface area contributed by atoms with Gasteiger partial charge in [-0.05, 0) is 18.6 Å². The number of carbonyl (C=O) groups excluding carboxylic acids is 2. The first kappa shape index (κ1) is 13.1. The monoisotopic (exact) mass is 274 g/mol. The molecule has 1 aromatic carbocycles. The predicted octanol–water partition coefficient (Wildman–Crippen LogP) is 0.760. The molecule has 0 N–H and O–H groups in total. The number of hydrogen-bond acceptors (Lipinski definition) is 3. The Bertz CT molecular complexity index is 497. The maximum atomic E-state index is 12.4. The summed E-state index contributed by atoms with van der Waals surface area (Å²) < 4.78 is 5.25. The summed E-state index contributed by atoms with van der Waals surface area (Å²) in [5.74, 6) is 0.00675. The second kappa shape index (κ2) is 5.63. The highest BCUT2D eigenvalue weighted by atomic mass is 16.5. The van der Waals surface area contributed by atoms with Gasteiger partial charge in [-0.3, -0.25) is 9.59 Å². The van der Waals surface area contributed by atoms with Crippen LogP contribution in [0.2, 0.25) is 0 Å². The van der Waals surface area contributed by atoms with Gasteiger partial charge < -0.3 is 14.5 Å². The molecule has 106 valence electrons. The van der Waals surface area contributed by atoms with Gasteiger partial charge in [0, 0.05) is 25.2 Å². The van der Waals surface area contributed by atoms with Crippen molar-refractivity contribution in [2.75, 3.05) is 32.8 Å². The normalized spacial score (nSPS) is 22.3. The first-order chi connectivity index (χ1) is 9.77. The minimum absolute atomic E-state index is 0.0524. The van der Waals surface area contributed by atoms with Crippen LogP contribution in [0, 0.1) is 0 Å². The van der Waals surface area contributed by atoms with E-state index in [2.05, 4.69) is 0 Å². The SMILES string of the molecule is O=C([C@H]1CCN1C(=O)c1ccccc1)N1CCOCC1. The Hall–Kier alpha value is -1.88. The Morgan fingerprint density at radius 2 is 1.75 bits per heavy atom. The lowest BCUT2D eigenvalue weighted by atomic mass is 9.99. The fraction of sp³-hybridized carbons (Fsp3) is 0.467. The van der Waals surface area contributed by atoms with Crippen LogP contribution in [0.25, 0.3) is 0 Å². The van der Waals surface area contributed by atoms with E-state index in [4.69, 9.17) is 4.74 Å². The average Bonchev–Trinajstić information content (AvgIpc) is 2.48. The fourth-order valence-corrected chi connectivity index (χ4v) is 2.63. The number of nitrogens with zero attached hydrogens (tertiary/aromatic N) is 2. The predicted molar refractivity (Wildman–Crippen MR) is 73.3 cm³/mol. The summed E-state index contributed by atoms with van der Waals surface area (Å²) in [6.07, 6.45) is 0.759. The van der Waals surface area contributed by atoms with Crippen molar-refractivity contribution in [3.05, 3.63) is 35.9 Å². The van der Waals surface area contributed by atoms with Gasteiger partial charge in [-0.15, -0.1) is 0 Å². The van der Waals surface area contributed by atoms with Gasteiger partial charge in [0.05, 0.1) is 13.2 Å². The van der Waals surface area contributed by atoms with Crippen LogP contribution in [-0.4, -0.2) is 60.5 Å². The van der Waals surface area contributed by atoms with E-state index in [9.17, 15) is 9.59 Å². The third-order valence-corrected chi connectivity index (χ3v) is 3.91. The highest BCUT2D eigenvalue weighted by Gasteiger charge is 2.40. The quantitative estimate of drug-likeness (QED) is 0.800. The molecule has 0 bridgehead atoms. The molecular formula is C15H18N2O3. The molecule has 2 aliphatic rings. The van der Waals surface area contributed by atoms with Crippen LogP contribution < -0.4 is 0 Å². The van der Waals surface area contributed by atoms with Crippen molar-refractivity contribution in [3.8, 4) is 0 Å². The van der Waals surface area contributed by atoms with Crippen molar-refractivity contribution in [1.82, 2.24) is 9.80 Å². The van der Waals surface area contributed by atoms with E-state index >= 15 is 0 Å². The van der Waals surface area contributed by atoms with Crippen LogP contribution in [0.3, 0.4) is 0 Å². The number of amides is 2. The van der Waals surface area contributed by atoms with Crippen molar-refractivity contribution < 1.29 is 14.3 Å². The second-order valence-electron chi connectivity index (χ2n) is 5.11. The third-order valence-electron chi connectivity index (χ3n) is 3.91. The van der Waals surface area contributed by atoms with Crippen LogP contribution in [0.4, 0.5) is 0 Å². The van der Waals surface area contributed by atoms with Crippen molar-refractivity contribution in [1.29, 1.82) is 0 Å². The molecule has 20 heavy (non-hydrogen) atoms. The minimum atomic E-state index is -0.291. The zero-order valence-corrected chi connectivity index (χ0v) is 11.3. The Labute approximate surface area is 118 Å². The first-order valence-corrected chi connectivity index (χ1v) is 7.00. The summed E-state index contributed by atoms with van der Waals surface area (Å²) in [7, 11) is 0. The Morgan fingerprint density at radius 1 is 1.05 bits per heavy atom. The lowest BCUT2D eigenvalue weighted by Gasteiger charge is -2.42. The van der Waals surface area contributed by atoms with E-state index in [0.29, 0.717) is 38.4 Å². The molecule has 5 heteroatoms. The van der Waals surface area contributed by atoms with Crippen molar-refractivity contribution >= 4 is 11.8 Å². The molecule has 2 amide bonds. The van der Waals surface area contributed by atoms with E-state index in [0.717, 1.165) is 6.42 Å². The summed E-state index contributed by atoms with van der Waals surface area (Å²) in [6.45, 7) is 3.09. The van der Waals surface area contributed by atoms with Gasteiger partial charge in [-0.25, -0.2) is 0 Å². The molecule has 3 rings (SSSR count). The molecule has 2 saturated heterocycles. The Morgan fingerprint density at radius 3 is 2.35 bits per heavy atom. The number of carbonyl (C=O) groups is 2. The lowest BCUT2D eigenvalue weighted by molar-refractivity contribution is -0.143. The maximum absolute atomic E-state index is 12.4. The van der Waals surface area contributed by atoms with Crippen LogP contribution in [-0.2, 0) is 9.53 Å². The molecule has 0 aliphatic carbocycles. The standard InChI is InChI=1S/C15H18N2O3/c18-14(12-4-2-1-3-5-12)17-7-6-13(17)15(19)16-8-10-20-11-9-16/h1-5,13H,6-11H2/t13-/m1/s1. The van der Waals surface area contributed by atoms with Gasteiger partial charge in [-0.2, -0.15) is 0 Å². The number of morpholine rings is 1. The van der Waals surface area contributed by atoms with Gasteiger partial charge >= 0.3 is 0 Å². The van der Waals surface area contributed by atoms with E-state index in [1.54, 1.807) is 21.9 Å². The number of ether oxygens (including phenoxy) is 1. The van der Waals surface area contributed by atoms with Crippen LogP contribution in [0.15, 0.2) is 30.3 Å². The topological polar surface area (TPSA) is 49.9 Å². The van der Waals surface area contributed by atoms with Crippen molar-refractivity contribution in [3.63, 3.8) is 0 Å². The van der Waals surface area contributed by atoms with Crippen LogP contribution in [0.1, 0.15) is 16.8 Å². The Balaban J connectivity index is 1.67. The van der Waals surface area contributed by atoms with Crippen molar-refractivity contribution in [2.45, 2.75) is 12.5 Å². The van der Waals surface area contributed by atoms with E-state index < -0.39 is 0 Å². The molecule has 5 nitrogen and oxygen atoms in total. The van der Waals surface area contributed by atoms with Gasteiger partial charge in [0.1, 0.15) is 6.04 Å². The zero-order valence-electron chi connectivity index (χ0n) is 11.3. The number of hydrogen-bond donors (Lipinski definition) is 0. The highest BCUT2D eigenvalue weighted by molar-refractivity contribution is 5.98. The average molecular weight is 274 g/mol. The fourth-order valence-electron chi connectivity index (χ4n) is 2.63. The smallest absolute Gasteiger partial charge is 0.254 e. The molecule has 2 heterocycles. The van der Waals surface area contributed by atoms with Gasteiger partial charge in [0.15, 0.2) is 0 Å². The molecule has 0 unspecified atom stereocenters. The lowest BCUT2D eigenvalue weighted by Crippen LogP contribution is -2.60. The number of likely N-dealkylation sites (tertiary alicyclic amines) is 1. The molecule has 2 aliphatic heterocycles. The second-order valence-corrected chi connectivity index (χ2v) is 5.11. The molecule has 2 fully saturated rings. The summed E-state index contributed by atoms with van der Waals surface area (Å²) in [4.78, 5) is 28.2. The molecule has 0 spiro atoms. The summed E-state index contributed by atoms with van der Waals surface area (Å²) in [6, 6.07) is 8.84. The minimum Gasteiger partial charge on any atom is -0.378 e. The number of benzene rings is 1. The molecule has 1 aromatic rings. The summed E-state index contributed by atoms with van der Waals surface area (Å²) >= 11 is 0. The van der Waals surface area contributed by atoms with E-state index in [1.807, 2.05) is 18.2 Å². The van der Waals surface area contributed by atoms with Crippen LogP contribution in [0.5, 0.6) is 0 Å². The first-order valence-electron chi connectivity index (χ1n) is 7.00. The van der Waals surface area contributed by atoms with E-state index in [1.165, 1.54) is 0 Å². The van der Waals surface area contributed by atoms with Gasteiger partial charge in [0.25, 0.3) is 5.91 Å². The van der Waals surface area contributed by atoms with Gasteiger partial charge in [-0.1, -0.05) is 18.2 Å². The Kier molecular flexibility index (Phi) is 3.69.